The molecule has 6 heteroatoms. The Balaban J connectivity index is 1.63. The van der Waals surface area contributed by atoms with E-state index in [-0.39, 0.29) is 5.75 Å². The van der Waals surface area contributed by atoms with Crippen molar-refractivity contribution in [3.05, 3.63) is 71.9 Å². The molecule has 0 spiro atoms. The van der Waals surface area contributed by atoms with E-state index < -0.39 is 11.6 Å². The molecule has 0 amide bonds. The van der Waals surface area contributed by atoms with E-state index in [9.17, 15) is 15.0 Å². The number of nitrogens with zero attached hydrogens (tertiary/aromatic N) is 1. The monoisotopic (exact) mass is 437 g/mol. The number of phenols is 1. The van der Waals surface area contributed by atoms with E-state index in [1.165, 1.54) is 0 Å². The van der Waals surface area contributed by atoms with Crippen LogP contribution >= 0.6 is 0 Å². The summed E-state index contributed by atoms with van der Waals surface area (Å²) in [5.74, 6) is 0.0448. The molecule has 0 aliphatic heterocycles. The molecule has 0 bridgehead atoms. The summed E-state index contributed by atoms with van der Waals surface area (Å²) in [6.07, 6.45) is 0.708. The van der Waals surface area contributed by atoms with Gasteiger partial charge in [0.05, 0.1) is 6.54 Å². The number of ether oxygens (including phenoxy) is 2. The third-order valence-electron chi connectivity index (χ3n) is 5.74. The molecule has 0 saturated carbocycles. The molecule has 0 aliphatic rings. The molecule has 0 radical (unpaired) electrons. The first kappa shape index (κ1) is 23.4. The molecule has 1 heterocycles. The number of hydrogen-bond acceptors (Lipinski definition) is 4. The van der Waals surface area contributed by atoms with E-state index >= 15 is 0 Å². The summed E-state index contributed by atoms with van der Waals surface area (Å²) < 4.78 is 13.7. The highest BCUT2D eigenvalue weighted by molar-refractivity contribution is 5.78. The Bertz CT molecular complexity index is 1020. The lowest BCUT2D eigenvalue weighted by Gasteiger charge is -2.28. The van der Waals surface area contributed by atoms with E-state index in [1.807, 2.05) is 50.2 Å². The number of phenolic OH excluding ortho intramolecular Hbond substituents is 1. The SMILES string of the molecule is CCOC(CC)(Cc1ccc(OCCn2c(C)ccc2-c2ccc(O)cc2)cc1)C(=O)O. The van der Waals surface area contributed by atoms with Crippen LogP contribution in [0, 0.1) is 6.92 Å². The molecule has 3 rings (SSSR count). The molecule has 1 unspecified atom stereocenters. The van der Waals surface area contributed by atoms with Gasteiger partial charge in [0.1, 0.15) is 18.1 Å². The van der Waals surface area contributed by atoms with Gasteiger partial charge in [0.15, 0.2) is 5.60 Å². The maximum atomic E-state index is 11.8. The predicted octanol–water partition coefficient (Wildman–Crippen LogP) is 5.06. The number of aromatic nitrogens is 1. The Labute approximate surface area is 189 Å². The van der Waals surface area contributed by atoms with Crippen LogP contribution in [0.1, 0.15) is 31.5 Å². The Morgan fingerprint density at radius 1 is 1.00 bits per heavy atom. The summed E-state index contributed by atoms with van der Waals surface area (Å²) in [7, 11) is 0. The van der Waals surface area contributed by atoms with Crippen LogP contribution in [-0.2, 0) is 22.5 Å². The normalized spacial score (nSPS) is 13.0. The van der Waals surface area contributed by atoms with Crippen LogP contribution in [0.4, 0.5) is 0 Å². The van der Waals surface area contributed by atoms with E-state index in [4.69, 9.17) is 9.47 Å². The fraction of sp³-hybridized carbons (Fsp3) is 0.346. The first-order valence-electron chi connectivity index (χ1n) is 10.9. The summed E-state index contributed by atoms with van der Waals surface area (Å²) >= 11 is 0. The van der Waals surface area contributed by atoms with E-state index in [0.717, 1.165) is 28.3 Å². The van der Waals surface area contributed by atoms with E-state index in [0.29, 0.717) is 32.6 Å². The second kappa shape index (κ2) is 10.4. The molecule has 1 atom stereocenters. The highest BCUT2D eigenvalue weighted by Gasteiger charge is 2.37. The minimum Gasteiger partial charge on any atom is -0.508 e. The summed E-state index contributed by atoms with van der Waals surface area (Å²) in [6.45, 7) is 7.22. The van der Waals surface area contributed by atoms with Crippen molar-refractivity contribution < 1.29 is 24.5 Å². The minimum absolute atomic E-state index is 0.246. The number of carboxylic acids is 1. The molecule has 170 valence electrons. The van der Waals surface area contributed by atoms with Crippen molar-refractivity contribution in [1.29, 1.82) is 0 Å². The number of aryl methyl sites for hydroxylation is 1. The van der Waals surface area contributed by atoms with Crippen LogP contribution in [-0.4, -0.2) is 39.6 Å². The Kier molecular flexibility index (Phi) is 7.59. The zero-order valence-electron chi connectivity index (χ0n) is 18.9. The lowest BCUT2D eigenvalue weighted by molar-refractivity contribution is -0.166. The standard InChI is InChI=1S/C26H31NO5/c1-4-26(25(29)30,32-5-2)18-20-7-13-23(14-8-20)31-17-16-27-19(3)6-15-24(27)21-9-11-22(28)12-10-21/h6-15,28H,4-5,16-18H2,1-3H3,(H,29,30). The summed E-state index contributed by atoms with van der Waals surface area (Å²) in [4.78, 5) is 11.8. The smallest absolute Gasteiger partial charge is 0.336 e. The number of carboxylic acid groups (broad SMARTS) is 1. The largest absolute Gasteiger partial charge is 0.508 e. The lowest BCUT2D eigenvalue weighted by atomic mass is 9.91. The Morgan fingerprint density at radius 2 is 1.69 bits per heavy atom. The minimum atomic E-state index is -1.20. The molecule has 1 aromatic heterocycles. The van der Waals surface area contributed by atoms with Gasteiger partial charge < -0.3 is 24.3 Å². The molecule has 3 aromatic rings. The molecule has 0 fully saturated rings. The fourth-order valence-electron chi connectivity index (χ4n) is 3.88. The molecule has 2 aromatic carbocycles. The average Bonchev–Trinajstić information content (AvgIpc) is 3.15. The fourth-order valence-corrected chi connectivity index (χ4v) is 3.88. The van der Waals surface area contributed by atoms with Crippen LogP contribution in [0.3, 0.4) is 0 Å². The summed E-state index contributed by atoms with van der Waals surface area (Å²) in [5.41, 5.74) is 2.93. The van der Waals surface area contributed by atoms with E-state index in [2.05, 4.69) is 23.6 Å². The number of rotatable bonds is 11. The Morgan fingerprint density at radius 3 is 2.28 bits per heavy atom. The highest BCUT2D eigenvalue weighted by Crippen LogP contribution is 2.26. The van der Waals surface area contributed by atoms with Gasteiger partial charge >= 0.3 is 5.97 Å². The maximum Gasteiger partial charge on any atom is 0.336 e. The van der Waals surface area contributed by atoms with Crippen molar-refractivity contribution in [2.75, 3.05) is 13.2 Å². The number of benzene rings is 2. The molecule has 32 heavy (non-hydrogen) atoms. The van der Waals surface area contributed by atoms with Gasteiger partial charge in [0.2, 0.25) is 0 Å². The Hall–Kier alpha value is -3.25. The van der Waals surface area contributed by atoms with Crippen molar-refractivity contribution >= 4 is 5.97 Å². The van der Waals surface area contributed by atoms with Crippen molar-refractivity contribution in [2.45, 2.75) is 45.8 Å². The molecule has 0 aliphatic carbocycles. The van der Waals surface area contributed by atoms with Crippen molar-refractivity contribution in [3.8, 4) is 22.8 Å². The van der Waals surface area contributed by atoms with Gasteiger partial charge in [0.25, 0.3) is 0 Å². The van der Waals surface area contributed by atoms with Gasteiger partial charge in [-0.1, -0.05) is 19.1 Å². The first-order chi connectivity index (χ1) is 15.4. The first-order valence-corrected chi connectivity index (χ1v) is 10.9. The van der Waals surface area contributed by atoms with Gasteiger partial charge in [-0.2, -0.15) is 0 Å². The number of hydrogen-bond donors (Lipinski definition) is 2. The zero-order chi connectivity index (χ0) is 23.1. The van der Waals surface area contributed by atoms with Crippen molar-refractivity contribution in [2.24, 2.45) is 0 Å². The topological polar surface area (TPSA) is 80.9 Å². The molecular weight excluding hydrogens is 406 g/mol. The second-order valence-electron chi connectivity index (χ2n) is 7.81. The van der Waals surface area contributed by atoms with Crippen LogP contribution in [0.2, 0.25) is 0 Å². The molecule has 2 N–H and O–H groups in total. The van der Waals surface area contributed by atoms with Crippen molar-refractivity contribution in [1.82, 2.24) is 4.57 Å². The average molecular weight is 438 g/mol. The molecule has 0 saturated heterocycles. The van der Waals surface area contributed by atoms with E-state index in [1.54, 1.807) is 12.1 Å². The lowest BCUT2D eigenvalue weighted by Crippen LogP contribution is -2.43. The molecule has 6 nitrogen and oxygen atoms in total. The number of carbonyl (C=O) groups is 1. The maximum absolute atomic E-state index is 11.8. The number of aromatic hydroxyl groups is 1. The van der Waals surface area contributed by atoms with Crippen LogP contribution in [0.5, 0.6) is 11.5 Å². The quantitative estimate of drug-likeness (QED) is 0.438. The highest BCUT2D eigenvalue weighted by atomic mass is 16.5. The van der Waals surface area contributed by atoms with Gasteiger partial charge in [-0.25, -0.2) is 4.79 Å². The van der Waals surface area contributed by atoms with Gasteiger partial charge in [-0.05, 0) is 79.9 Å². The van der Waals surface area contributed by atoms with Crippen LogP contribution in [0.25, 0.3) is 11.3 Å². The third-order valence-corrected chi connectivity index (χ3v) is 5.74. The third kappa shape index (κ3) is 5.32. The van der Waals surface area contributed by atoms with Crippen molar-refractivity contribution in [3.63, 3.8) is 0 Å². The van der Waals surface area contributed by atoms with Gasteiger partial charge in [0, 0.05) is 24.4 Å². The zero-order valence-corrected chi connectivity index (χ0v) is 18.9. The van der Waals surface area contributed by atoms with Crippen LogP contribution in [0.15, 0.2) is 60.7 Å². The van der Waals surface area contributed by atoms with Gasteiger partial charge in [-0.3, -0.25) is 0 Å². The summed E-state index contributed by atoms with van der Waals surface area (Å²) in [6, 6.07) is 18.8. The molecular formula is C26H31NO5. The predicted molar refractivity (Wildman–Crippen MR) is 124 cm³/mol. The summed E-state index contributed by atoms with van der Waals surface area (Å²) in [5, 5.41) is 19.2. The second-order valence-corrected chi connectivity index (χ2v) is 7.81. The van der Waals surface area contributed by atoms with Crippen LogP contribution < -0.4 is 4.74 Å². The van der Waals surface area contributed by atoms with Gasteiger partial charge in [-0.15, -0.1) is 0 Å². The number of aliphatic carboxylic acids is 1.